The van der Waals surface area contributed by atoms with Gasteiger partial charge >= 0.3 is 5.97 Å². The van der Waals surface area contributed by atoms with Gasteiger partial charge in [0.1, 0.15) is 28.7 Å². The van der Waals surface area contributed by atoms with Gasteiger partial charge in [-0.25, -0.2) is 4.79 Å². The van der Waals surface area contributed by atoms with Crippen LogP contribution in [0.25, 0.3) is 11.0 Å². The van der Waals surface area contributed by atoms with Crippen molar-refractivity contribution < 1.29 is 28.2 Å². The minimum atomic E-state index is -0.624. The van der Waals surface area contributed by atoms with Crippen LogP contribution in [0, 0.1) is 31.1 Å². The van der Waals surface area contributed by atoms with Crippen molar-refractivity contribution in [2.24, 2.45) is 11.7 Å². The van der Waals surface area contributed by atoms with Crippen molar-refractivity contribution in [3.8, 4) is 29.1 Å². The first-order valence-corrected chi connectivity index (χ1v) is 12.9. The molecule has 1 aliphatic heterocycles. The van der Waals surface area contributed by atoms with Crippen LogP contribution in [0.5, 0.6) is 23.0 Å². The second-order valence-electron chi connectivity index (χ2n) is 10.2. The van der Waals surface area contributed by atoms with Gasteiger partial charge in [-0.2, -0.15) is 5.26 Å². The molecule has 2 N–H and O–H groups in total. The monoisotopic (exact) mass is 538 g/mol. The molecular weight excluding hydrogens is 508 g/mol. The van der Waals surface area contributed by atoms with Gasteiger partial charge in [-0.3, -0.25) is 0 Å². The van der Waals surface area contributed by atoms with Gasteiger partial charge in [0.15, 0.2) is 11.5 Å². The van der Waals surface area contributed by atoms with Crippen LogP contribution in [0.3, 0.4) is 0 Å². The number of nitrogens with two attached hydrogens (primary N) is 1. The number of hydrogen-bond acceptors (Lipinski definition) is 8. The molecule has 1 aromatic heterocycles. The Morgan fingerprint density at radius 1 is 1.07 bits per heavy atom. The Kier molecular flexibility index (Phi) is 7.14. The second kappa shape index (κ2) is 10.7. The molecule has 1 unspecified atom stereocenters. The number of methoxy groups -OCH3 is 1. The summed E-state index contributed by atoms with van der Waals surface area (Å²) in [5.41, 5.74) is 10.3. The lowest BCUT2D eigenvalue weighted by atomic mass is 9.83. The third-order valence-corrected chi connectivity index (χ3v) is 6.77. The van der Waals surface area contributed by atoms with Gasteiger partial charge in [-0.05, 0) is 55.7 Å². The molecule has 2 heterocycles. The molecule has 0 saturated heterocycles. The van der Waals surface area contributed by atoms with E-state index in [-0.39, 0.29) is 23.0 Å². The number of nitriles is 1. The minimum absolute atomic E-state index is 0.0222. The highest BCUT2D eigenvalue weighted by molar-refractivity contribution is 5.97. The lowest BCUT2D eigenvalue weighted by Gasteiger charge is -2.27. The molecule has 8 nitrogen and oxygen atoms in total. The van der Waals surface area contributed by atoms with Gasteiger partial charge < -0.3 is 29.1 Å². The van der Waals surface area contributed by atoms with E-state index in [2.05, 4.69) is 19.9 Å². The van der Waals surface area contributed by atoms with E-state index in [9.17, 15) is 10.1 Å². The van der Waals surface area contributed by atoms with E-state index in [1.54, 1.807) is 25.3 Å². The smallest absolute Gasteiger partial charge is 0.379 e. The number of carbonyl (C=O) groups is 1. The predicted octanol–water partition coefficient (Wildman–Crippen LogP) is 6.53. The van der Waals surface area contributed by atoms with Crippen molar-refractivity contribution in [1.82, 2.24) is 0 Å². The van der Waals surface area contributed by atoms with Gasteiger partial charge in [0.25, 0.3) is 0 Å². The number of furan rings is 1. The van der Waals surface area contributed by atoms with Crippen LogP contribution in [-0.4, -0.2) is 19.7 Å². The number of hydrogen-bond donors (Lipinski definition) is 1. The Bertz CT molecular complexity index is 1690. The van der Waals surface area contributed by atoms with E-state index in [1.807, 2.05) is 50.2 Å². The maximum atomic E-state index is 13.0. The zero-order valence-electron chi connectivity index (χ0n) is 23.0. The fraction of sp³-hybridized carbons (Fsp3) is 0.250. The zero-order valence-corrected chi connectivity index (χ0v) is 23.0. The summed E-state index contributed by atoms with van der Waals surface area (Å²) in [5.74, 6) is 1.10. The number of rotatable bonds is 7. The maximum absolute atomic E-state index is 13.0. The van der Waals surface area contributed by atoms with E-state index < -0.39 is 11.9 Å². The van der Waals surface area contributed by atoms with E-state index in [0.717, 1.165) is 16.5 Å². The zero-order chi connectivity index (χ0) is 28.6. The van der Waals surface area contributed by atoms with Crippen molar-refractivity contribution in [3.05, 3.63) is 94.1 Å². The molecule has 0 radical (unpaired) electrons. The van der Waals surface area contributed by atoms with Crippen LogP contribution in [0.2, 0.25) is 0 Å². The molecule has 0 saturated carbocycles. The van der Waals surface area contributed by atoms with Gasteiger partial charge in [0, 0.05) is 22.6 Å². The fourth-order valence-electron chi connectivity index (χ4n) is 4.76. The molecule has 204 valence electrons. The molecule has 0 aliphatic carbocycles. The predicted molar refractivity (Wildman–Crippen MR) is 150 cm³/mol. The standard InChI is InChI=1S/C32H30N2O6/c1-17(2)16-37-26-11-7-20(13-28(26)36-5)29-22-9-8-21(14-27(22)40-31(34)24(29)15-33)38-32(35)30-19(4)23-12-18(3)6-10-25(23)39-30/h6-14,17,29H,16,34H2,1-5H3. The number of aryl methyl sites for hydroxylation is 2. The Morgan fingerprint density at radius 2 is 1.88 bits per heavy atom. The van der Waals surface area contributed by atoms with Crippen LogP contribution in [0.15, 0.2) is 70.5 Å². The molecule has 1 atom stereocenters. The Hall–Kier alpha value is -4.90. The number of nitrogens with zero attached hydrogens (tertiary/aromatic N) is 1. The van der Waals surface area contributed by atoms with Crippen LogP contribution in [-0.2, 0) is 0 Å². The molecule has 1 aliphatic rings. The summed E-state index contributed by atoms with van der Waals surface area (Å²) < 4.78 is 28.7. The van der Waals surface area contributed by atoms with Crippen LogP contribution in [0.4, 0.5) is 0 Å². The summed E-state index contributed by atoms with van der Waals surface area (Å²) in [6.07, 6.45) is 0. The SMILES string of the molecule is COc1cc(C2C(C#N)=C(N)Oc3cc(OC(=O)c4oc5ccc(C)cc5c4C)ccc32)ccc1OCC(C)C. The van der Waals surface area contributed by atoms with E-state index >= 15 is 0 Å². The van der Waals surface area contributed by atoms with E-state index in [0.29, 0.717) is 46.5 Å². The lowest BCUT2D eigenvalue weighted by molar-refractivity contribution is 0.0702. The van der Waals surface area contributed by atoms with Gasteiger partial charge in [0.2, 0.25) is 11.6 Å². The second-order valence-corrected chi connectivity index (χ2v) is 10.2. The number of esters is 1. The fourth-order valence-corrected chi connectivity index (χ4v) is 4.76. The quantitative estimate of drug-likeness (QED) is 0.208. The molecule has 0 spiro atoms. The van der Waals surface area contributed by atoms with Gasteiger partial charge in [-0.15, -0.1) is 0 Å². The topological polar surface area (TPSA) is 117 Å². The molecule has 40 heavy (non-hydrogen) atoms. The van der Waals surface area contributed by atoms with Gasteiger partial charge in [-0.1, -0.05) is 37.6 Å². The average molecular weight is 539 g/mol. The Labute approximate surface area is 232 Å². The van der Waals surface area contributed by atoms with Crippen molar-refractivity contribution in [1.29, 1.82) is 5.26 Å². The van der Waals surface area contributed by atoms with Crippen molar-refractivity contribution in [2.45, 2.75) is 33.6 Å². The van der Waals surface area contributed by atoms with E-state index in [4.69, 9.17) is 29.1 Å². The highest BCUT2D eigenvalue weighted by atomic mass is 16.5. The molecule has 0 amide bonds. The number of fused-ring (bicyclic) bond motifs is 2. The molecule has 0 fully saturated rings. The summed E-state index contributed by atoms with van der Waals surface area (Å²) in [4.78, 5) is 13.0. The first kappa shape index (κ1) is 26.7. The molecule has 3 aromatic carbocycles. The van der Waals surface area contributed by atoms with Gasteiger partial charge in [0.05, 0.1) is 19.6 Å². The lowest BCUT2D eigenvalue weighted by Crippen LogP contribution is -2.21. The first-order chi connectivity index (χ1) is 19.2. The normalized spacial score (nSPS) is 14.5. The van der Waals surface area contributed by atoms with Crippen molar-refractivity contribution >= 4 is 16.9 Å². The Morgan fingerprint density at radius 3 is 2.60 bits per heavy atom. The van der Waals surface area contributed by atoms with Crippen LogP contribution in [0.1, 0.15) is 52.6 Å². The number of carbonyl (C=O) groups excluding carboxylic acids is 1. The summed E-state index contributed by atoms with van der Waals surface area (Å²) in [6.45, 7) is 8.48. The van der Waals surface area contributed by atoms with Crippen molar-refractivity contribution in [2.75, 3.05) is 13.7 Å². The highest BCUT2D eigenvalue weighted by Gasteiger charge is 2.32. The molecule has 0 bridgehead atoms. The maximum Gasteiger partial charge on any atom is 0.379 e. The van der Waals surface area contributed by atoms with Crippen LogP contribution >= 0.6 is 0 Å². The molecule has 8 heteroatoms. The summed E-state index contributed by atoms with van der Waals surface area (Å²) >= 11 is 0. The van der Waals surface area contributed by atoms with Crippen molar-refractivity contribution in [3.63, 3.8) is 0 Å². The minimum Gasteiger partial charge on any atom is -0.493 e. The number of ether oxygens (including phenoxy) is 4. The summed E-state index contributed by atoms with van der Waals surface area (Å²) in [5, 5.41) is 10.8. The average Bonchev–Trinajstić information content (AvgIpc) is 3.26. The molecular formula is C32H30N2O6. The highest BCUT2D eigenvalue weighted by Crippen LogP contribution is 2.45. The third-order valence-electron chi connectivity index (χ3n) is 6.77. The first-order valence-electron chi connectivity index (χ1n) is 12.9. The summed E-state index contributed by atoms with van der Waals surface area (Å²) in [6, 6.07) is 18.4. The molecule has 4 aromatic rings. The Balaban J connectivity index is 1.47. The third kappa shape index (κ3) is 4.94. The number of allylic oxidation sites excluding steroid dienone is 1. The van der Waals surface area contributed by atoms with E-state index in [1.165, 1.54) is 0 Å². The molecule has 5 rings (SSSR count). The summed E-state index contributed by atoms with van der Waals surface area (Å²) in [7, 11) is 1.57. The largest absolute Gasteiger partial charge is 0.493 e. The number of benzene rings is 3. The van der Waals surface area contributed by atoms with Crippen LogP contribution < -0.4 is 24.7 Å².